The summed E-state index contributed by atoms with van der Waals surface area (Å²) in [4.78, 5) is 56.8. The molecule has 1 fully saturated rings. The molecule has 2 aliphatic rings. The number of carbonyl (C=O) groups excluding carboxylic acids is 3. The number of nitrogens with one attached hydrogen (secondary N) is 2. The molecule has 2 N–H and O–H groups in total. The van der Waals surface area contributed by atoms with Crippen molar-refractivity contribution in [2.75, 3.05) is 12.4 Å². The number of benzene rings is 2. The Labute approximate surface area is 215 Å². The van der Waals surface area contributed by atoms with Crippen molar-refractivity contribution in [1.29, 1.82) is 0 Å². The number of imide groups is 1. The summed E-state index contributed by atoms with van der Waals surface area (Å²) in [5.41, 5.74) is 1.73. The average molecular weight is 517 g/mol. The van der Waals surface area contributed by atoms with Crippen LogP contribution in [0, 0.1) is 0 Å². The van der Waals surface area contributed by atoms with Crippen LogP contribution in [0.25, 0.3) is 16.9 Å². The Kier molecular flexibility index (Phi) is 5.16. The summed E-state index contributed by atoms with van der Waals surface area (Å²) >= 11 is 6.67. The summed E-state index contributed by atoms with van der Waals surface area (Å²) < 4.78 is 2.86. The van der Waals surface area contributed by atoms with Gasteiger partial charge in [-0.15, -0.1) is 0 Å². The number of fused-ring (bicyclic) bond motifs is 2. The van der Waals surface area contributed by atoms with Gasteiger partial charge in [-0.3, -0.25) is 19.5 Å². The fourth-order valence-corrected chi connectivity index (χ4v) is 5.53. The number of anilines is 1. The van der Waals surface area contributed by atoms with E-state index in [4.69, 9.17) is 11.6 Å². The molecule has 10 nitrogen and oxygen atoms in total. The minimum absolute atomic E-state index is 0.240. The van der Waals surface area contributed by atoms with Gasteiger partial charge in [0.2, 0.25) is 5.91 Å². The number of hydrogen-bond donors (Lipinski definition) is 2. The number of urea groups is 1. The fourth-order valence-electron chi connectivity index (χ4n) is 5.23. The Morgan fingerprint density at radius 2 is 1.81 bits per heavy atom. The molecule has 4 amide bonds. The van der Waals surface area contributed by atoms with Gasteiger partial charge in [0.1, 0.15) is 17.9 Å². The summed E-state index contributed by atoms with van der Waals surface area (Å²) in [5.74, 6) is -0.342. The molecule has 1 aliphatic carbocycles. The number of nitrogens with zero attached hydrogens (tertiary/aromatic N) is 4. The third-order valence-electron chi connectivity index (χ3n) is 7.17. The van der Waals surface area contributed by atoms with Crippen LogP contribution in [-0.2, 0) is 29.0 Å². The maximum absolute atomic E-state index is 13.3. The first-order valence-electron chi connectivity index (χ1n) is 11.6. The van der Waals surface area contributed by atoms with Crippen LogP contribution in [0.15, 0.2) is 65.6 Å². The van der Waals surface area contributed by atoms with Crippen molar-refractivity contribution in [2.45, 2.75) is 24.9 Å². The normalized spacial score (nSPS) is 18.5. The number of hydrogen-bond acceptors (Lipinski definition) is 5. The molecule has 6 rings (SSSR count). The molecule has 11 heteroatoms. The molecule has 1 aliphatic heterocycles. The number of amides is 4. The highest BCUT2D eigenvalue weighted by molar-refractivity contribution is 6.34. The van der Waals surface area contributed by atoms with Crippen molar-refractivity contribution in [3.63, 3.8) is 0 Å². The van der Waals surface area contributed by atoms with E-state index in [0.29, 0.717) is 39.5 Å². The predicted octanol–water partition coefficient (Wildman–Crippen LogP) is 2.50. The van der Waals surface area contributed by atoms with E-state index in [9.17, 15) is 19.2 Å². The number of likely N-dealkylation sites (N-methyl/N-ethyl adjacent to an activating group) is 1. The lowest BCUT2D eigenvalue weighted by Gasteiger charge is -2.27. The van der Waals surface area contributed by atoms with Crippen LogP contribution in [0.2, 0.25) is 5.02 Å². The second-order valence-corrected chi connectivity index (χ2v) is 9.58. The monoisotopic (exact) mass is 516 g/mol. The van der Waals surface area contributed by atoms with Crippen LogP contribution in [0.5, 0.6) is 0 Å². The Morgan fingerprint density at radius 3 is 2.51 bits per heavy atom. The van der Waals surface area contributed by atoms with E-state index in [1.807, 2.05) is 6.07 Å². The van der Waals surface area contributed by atoms with Crippen molar-refractivity contribution in [3.8, 4) is 5.82 Å². The molecule has 1 unspecified atom stereocenters. The van der Waals surface area contributed by atoms with Gasteiger partial charge in [-0.25, -0.2) is 19.1 Å². The van der Waals surface area contributed by atoms with Crippen molar-refractivity contribution in [2.24, 2.45) is 0 Å². The van der Waals surface area contributed by atoms with Crippen LogP contribution in [0.3, 0.4) is 0 Å². The number of para-hydroxylation sites is 2. The molecular formula is C26H21ClN6O4. The van der Waals surface area contributed by atoms with Gasteiger partial charge in [0, 0.05) is 26.1 Å². The molecular weight excluding hydrogens is 496 g/mol. The number of halogens is 1. The van der Waals surface area contributed by atoms with Crippen LogP contribution in [0.1, 0.15) is 11.1 Å². The smallest absolute Gasteiger partial charge is 0.323 e. The van der Waals surface area contributed by atoms with Crippen LogP contribution < -0.4 is 16.3 Å². The summed E-state index contributed by atoms with van der Waals surface area (Å²) in [6, 6.07) is 15.5. The maximum Gasteiger partial charge on any atom is 0.335 e. The molecule has 0 bridgehead atoms. The van der Waals surface area contributed by atoms with Crippen molar-refractivity contribution >= 4 is 46.2 Å². The van der Waals surface area contributed by atoms with E-state index < -0.39 is 23.2 Å². The molecule has 0 saturated carbocycles. The Bertz CT molecular complexity index is 1680. The Hall–Kier alpha value is -4.44. The minimum Gasteiger partial charge on any atom is -0.323 e. The van der Waals surface area contributed by atoms with E-state index in [0.717, 1.165) is 5.56 Å². The standard InChI is InChI=1S/C26H21ClN6O4/c1-31-24(36)30-23(35)26(31)12-15-9-10-17(22(27)16(15)13-26)29-21(34)14-32-18-6-2-3-7-19(18)33(25(32)37)20-8-4-5-11-28-20/h2-11H,12-14H2,1H3,(H,29,34)(H,30,35,36). The van der Waals surface area contributed by atoms with E-state index in [1.165, 1.54) is 14.0 Å². The van der Waals surface area contributed by atoms with Gasteiger partial charge >= 0.3 is 11.7 Å². The predicted molar refractivity (Wildman–Crippen MR) is 137 cm³/mol. The summed E-state index contributed by atoms with van der Waals surface area (Å²) in [7, 11) is 1.59. The van der Waals surface area contributed by atoms with E-state index in [1.54, 1.807) is 61.8 Å². The number of carbonyl (C=O) groups is 3. The van der Waals surface area contributed by atoms with E-state index >= 15 is 0 Å². The highest BCUT2D eigenvalue weighted by atomic mass is 35.5. The molecule has 186 valence electrons. The van der Waals surface area contributed by atoms with Gasteiger partial charge < -0.3 is 10.2 Å². The minimum atomic E-state index is -1.02. The van der Waals surface area contributed by atoms with Gasteiger partial charge in [0.25, 0.3) is 5.91 Å². The number of pyridine rings is 1. The third-order valence-corrected chi connectivity index (χ3v) is 7.60. The van der Waals surface area contributed by atoms with Gasteiger partial charge in [-0.2, -0.15) is 0 Å². The first-order chi connectivity index (χ1) is 17.8. The van der Waals surface area contributed by atoms with Crippen molar-refractivity contribution < 1.29 is 14.4 Å². The van der Waals surface area contributed by atoms with E-state index in [-0.39, 0.29) is 18.9 Å². The SMILES string of the molecule is CN1C(=O)NC(=O)C12Cc1ccc(NC(=O)Cn3c(=O)n(-c4ccccn4)c4ccccc43)c(Cl)c1C2. The Morgan fingerprint density at radius 1 is 1.05 bits per heavy atom. The maximum atomic E-state index is 13.3. The molecule has 2 aromatic carbocycles. The lowest BCUT2D eigenvalue weighted by atomic mass is 9.95. The largest absolute Gasteiger partial charge is 0.335 e. The summed E-state index contributed by atoms with van der Waals surface area (Å²) in [5, 5.41) is 5.47. The molecule has 1 saturated heterocycles. The topological polar surface area (TPSA) is 118 Å². The second kappa shape index (κ2) is 8.31. The highest BCUT2D eigenvalue weighted by Crippen LogP contribution is 2.42. The zero-order valence-electron chi connectivity index (χ0n) is 19.7. The van der Waals surface area contributed by atoms with Gasteiger partial charge in [-0.05, 0) is 41.5 Å². The lowest BCUT2D eigenvalue weighted by molar-refractivity contribution is -0.125. The molecule has 1 atom stereocenters. The molecule has 0 radical (unpaired) electrons. The van der Waals surface area contributed by atoms with Gasteiger partial charge in [0.15, 0.2) is 0 Å². The van der Waals surface area contributed by atoms with Crippen molar-refractivity contribution in [1.82, 2.24) is 24.3 Å². The van der Waals surface area contributed by atoms with Gasteiger partial charge in [-0.1, -0.05) is 35.9 Å². The lowest BCUT2D eigenvalue weighted by Crippen LogP contribution is -2.48. The number of aromatic nitrogens is 3. The zero-order chi connectivity index (χ0) is 25.9. The summed E-state index contributed by atoms with van der Waals surface area (Å²) in [6.45, 7) is -0.240. The molecule has 1 spiro atoms. The van der Waals surface area contributed by atoms with Crippen LogP contribution >= 0.6 is 11.6 Å². The van der Waals surface area contributed by atoms with Crippen molar-refractivity contribution in [3.05, 3.63) is 87.4 Å². The molecule has 4 aromatic rings. The fraction of sp³-hybridized carbons (Fsp3) is 0.192. The number of imidazole rings is 1. The first kappa shape index (κ1) is 23.0. The Balaban J connectivity index is 1.29. The number of rotatable bonds is 4. The highest BCUT2D eigenvalue weighted by Gasteiger charge is 2.54. The first-order valence-corrected chi connectivity index (χ1v) is 12.0. The average Bonchev–Trinajstić information content (AvgIpc) is 3.49. The quantitative estimate of drug-likeness (QED) is 0.404. The van der Waals surface area contributed by atoms with Crippen LogP contribution in [0.4, 0.5) is 10.5 Å². The van der Waals surface area contributed by atoms with Gasteiger partial charge in [0.05, 0.1) is 21.7 Å². The second-order valence-electron chi connectivity index (χ2n) is 9.20. The summed E-state index contributed by atoms with van der Waals surface area (Å²) in [6.07, 6.45) is 2.19. The van der Waals surface area contributed by atoms with Crippen LogP contribution in [-0.4, -0.2) is 49.5 Å². The third kappa shape index (κ3) is 3.44. The van der Waals surface area contributed by atoms with E-state index in [2.05, 4.69) is 15.6 Å². The molecule has 37 heavy (non-hydrogen) atoms. The zero-order valence-corrected chi connectivity index (χ0v) is 20.5. The molecule has 2 aromatic heterocycles. The molecule has 3 heterocycles.